The minimum atomic E-state index is -0.764. The van der Waals surface area contributed by atoms with Crippen LogP contribution in [0.5, 0.6) is 0 Å². The normalized spacial score (nSPS) is 16.2. The third kappa shape index (κ3) is 3.78. The van der Waals surface area contributed by atoms with Crippen molar-refractivity contribution in [2.75, 3.05) is 37.7 Å². The minimum Gasteiger partial charge on any atom is -0.395 e. The standard InChI is InChI=1S/C17H28N6O4/c1-20-14-13(15(26)21(2)17(20)27)23(11-12(25)10-18-6-9-24)16(19-14)22-7-4-3-5-8-22/h12,18,24-25H,3-11H2,1-2H3. The third-order valence-electron chi connectivity index (χ3n) is 5.03. The third-order valence-corrected chi connectivity index (χ3v) is 5.03. The molecule has 1 aliphatic heterocycles. The molecule has 1 saturated heterocycles. The summed E-state index contributed by atoms with van der Waals surface area (Å²) < 4.78 is 4.17. The summed E-state index contributed by atoms with van der Waals surface area (Å²) in [5.74, 6) is 0.615. The Morgan fingerprint density at radius 3 is 2.52 bits per heavy atom. The zero-order chi connectivity index (χ0) is 19.6. The molecule has 10 heteroatoms. The SMILES string of the molecule is Cn1c(=O)c2c(nc(N3CCCCC3)n2CC(O)CNCCO)n(C)c1=O. The molecule has 1 atom stereocenters. The van der Waals surface area contributed by atoms with Crippen LogP contribution in [0.4, 0.5) is 5.95 Å². The molecule has 1 fully saturated rings. The molecular formula is C17H28N6O4. The summed E-state index contributed by atoms with van der Waals surface area (Å²) in [6.07, 6.45) is 2.48. The zero-order valence-electron chi connectivity index (χ0n) is 15.9. The maximum atomic E-state index is 12.8. The molecule has 2 aromatic rings. The number of rotatable bonds is 7. The van der Waals surface area contributed by atoms with Gasteiger partial charge < -0.3 is 25.0 Å². The predicted molar refractivity (Wildman–Crippen MR) is 102 cm³/mol. The molecule has 1 unspecified atom stereocenters. The van der Waals surface area contributed by atoms with E-state index in [9.17, 15) is 14.7 Å². The Bertz CT molecular complexity index is 909. The molecule has 0 saturated carbocycles. The fourth-order valence-corrected chi connectivity index (χ4v) is 3.57. The van der Waals surface area contributed by atoms with Crippen molar-refractivity contribution >= 4 is 17.1 Å². The van der Waals surface area contributed by atoms with Gasteiger partial charge in [0.1, 0.15) is 0 Å². The van der Waals surface area contributed by atoms with Crippen molar-refractivity contribution in [2.45, 2.75) is 31.9 Å². The van der Waals surface area contributed by atoms with Crippen LogP contribution in [0.15, 0.2) is 9.59 Å². The van der Waals surface area contributed by atoms with Gasteiger partial charge in [-0.1, -0.05) is 0 Å². The van der Waals surface area contributed by atoms with Gasteiger partial charge in [0.05, 0.1) is 19.3 Å². The Hall–Kier alpha value is -2.17. The van der Waals surface area contributed by atoms with E-state index in [0.717, 1.165) is 36.9 Å². The smallest absolute Gasteiger partial charge is 0.332 e. The van der Waals surface area contributed by atoms with E-state index in [-0.39, 0.29) is 19.7 Å². The van der Waals surface area contributed by atoms with E-state index in [1.165, 1.54) is 11.6 Å². The van der Waals surface area contributed by atoms with Gasteiger partial charge in [-0.25, -0.2) is 4.79 Å². The first kappa shape index (κ1) is 19.6. The molecule has 27 heavy (non-hydrogen) atoms. The molecule has 0 aliphatic carbocycles. The van der Waals surface area contributed by atoms with Crippen LogP contribution in [0, 0.1) is 0 Å². The monoisotopic (exact) mass is 380 g/mol. The molecule has 0 bridgehead atoms. The van der Waals surface area contributed by atoms with Gasteiger partial charge in [0, 0.05) is 40.3 Å². The van der Waals surface area contributed by atoms with Crippen LogP contribution >= 0.6 is 0 Å². The van der Waals surface area contributed by atoms with Gasteiger partial charge in [-0.15, -0.1) is 0 Å². The molecule has 3 rings (SSSR count). The summed E-state index contributed by atoms with van der Waals surface area (Å²) in [5, 5.41) is 22.3. The summed E-state index contributed by atoms with van der Waals surface area (Å²) in [5.41, 5.74) is -0.188. The summed E-state index contributed by atoms with van der Waals surface area (Å²) in [6.45, 7) is 2.49. The van der Waals surface area contributed by atoms with Crippen molar-refractivity contribution in [2.24, 2.45) is 14.1 Å². The highest BCUT2D eigenvalue weighted by Gasteiger charge is 2.25. The van der Waals surface area contributed by atoms with Crippen LogP contribution in [0.1, 0.15) is 19.3 Å². The number of hydrogen-bond acceptors (Lipinski definition) is 7. The van der Waals surface area contributed by atoms with E-state index in [1.54, 1.807) is 11.6 Å². The second kappa shape index (κ2) is 8.24. The van der Waals surface area contributed by atoms with E-state index in [1.807, 2.05) is 0 Å². The van der Waals surface area contributed by atoms with Crippen LogP contribution in [-0.2, 0) is 20.6 Å². The van der Waals surface area contributed by atoms with Gasteiger partial charge in [-0.05, 0) is 19.3 Å². The Balaban J connectivity index is 2.09. The summed E-state index contributed by atoms with van der Waals surface area (Å²) in [4.78, 5) is 31.8. The highest BCUT2D eigenvalue weighted by molar-refractivity contribution is 5.74. The fraction of sp³-hybridized carbons (Fsp3) is 0.706. The van der Waals surface area contributed by atoms with Gasteiger partial charge in [0.15, 0.2) is 11.2 Å². The van der Waals surface area contributed by atoms with Crippen LogP contribution in [0.2, 0.25) is 0 Å². The number of hydrogen-bond donors (Lipinski definition) is 3. The Morgan fingerprint density at radius 2 is 1.85 bits per heavy atom. The number of nitrogens with zero attached hydrogens (tertiary/aromatic N) is 5. The number of piperidine rings is 1. The average Bonchev–Trinajstić information content (AvgIpc) is 3.05. The molecule has 3 N–H and O–H groups in total. The molecule has 2 aromatic heterocycles. The van der Waals surface area contributed by atoms with Crippen LogP contribution in [-0.4, -0.2) is 67.8 Å². The lowest BCUT2D eigenvalue weighted by Gasteiger charge is -2.28. The first-order chi connectivity index (χ1) is 13.0. The maximum Gasteiger partial charge on any atom is 0.332 e. The quantitative estimate of drug-likeness (QED) is 0.494. The molecule has 1 aliphatic rings. The van der Waals surface area contributed by atoms with Crippen LogP contribution < -0.4 is 21.5 Å². The number of nitrogens with one attached hydrogen (secondary N) is 1. The van der Waals surface area contributed by atoms with E-state index in [4.69, 9.17) is 5.11 Å². The predicted octanol–water partition coefficient (Wildman–Crippen LogP) is -1.63. The Morgan fingerprint density at radius 1 is 1.15 bits per heavy atom. The van der Waals surface area contributed by atoms with E-state index in [0.29, 0.717) is 23.7 Å². The Labute approximate surface area is 156 Å². The minimum absolute atomic E-state index is 0.0115. The highest BCUT2D eigenvalue weighted by Crippen LogP contribution is 2.23. The molecule has 0 radical (unpaired) electrons. The largest absolute Gasteiger partial charge is 0.395 e. The second-order valence-corrected chi connectivity index (χ2v) is 7.03. The number of imidazole rings is 1. The molecule has 150 valence electrons. The topological polar surface area (TPSA) is 118 Å². The summed E-state index contributed by atoms with van der Waals surface area (Å²) in [6, 6.07) is 0. The van der Waals surface area contributed by atoms with Crippen molar-refractivity contribution in [1.82, 2.24) is 24.0 Å². The summed E-state index contributed by atoms with van der Waals surface area (Å²) in [7, 11) is 3.04. The van der Waals surface area contributed by atoms with Crippen molar-refractivity contribution in [1.29, 1.82) is 0 Å². The van der Waals surface area contributed by atoms with Gasteiger partial charge in [0.2, 0.25) is 5.95 Å². The van der Waals surface area contributed by atoms with Crippen LogP contribution in [0.25, 0.3) is 11.2 Å². The number of anilines is 1. The van der Waals surface area contributed by atoms with Crippen molar-refractivity contribution in [3.8, 4) is 0 Å². The van der Waals surface area contributed by atoms with E-state index < -0.39 is 17.4 Å². The number of aryl methyl sites for hydroxylation is 1. The average molecular weight is 380 g/mol. The molecule has 0 spiro atoms. The van der Waals surface area contributed by atoms with E-state index in [2.05, 4.69) is 15.2 Å². The Kier molecular flexibility index (Phi) is 5.98. The van der Waals surface area contributed by atoms with Crippen molar-refractivity contribution in [3.05, 3.63) is 20.8 Å². The molecule has 0 amide bonds. The molecule has 10 nitrogen and oxygen atoms in total. The first-order valence-corrected chi connectivity index (χ1v) is 9.36. The maximum absolute atomic E-state index is 12.8. The number of fused-ring (bicyclic) bond motifs is 1. The lowest BCUT2D eigenvalue weighted by molar-refractivity contribution is 0.150. The highest BCUT2D eigenvalue weighted by atomic mass is 16.3. The molecular weight excluding hydrogens is 352 g/mol. The number of aliphatic hydroxyl groups is 2. The second-order valence-electron chi connectivity index (χ2n) is 7.03. The van der Waals surface area contributed by atoms with Crippen molar-refractivity contribution in [3.63, 3.8) is 0 Å². The zero-order valence-corrected chi connectivity index (χ0v) is 15.9. The summed E-state index contributed by atoms with van der Waals surface area (Å²) >= 11 is 0. The van der Waals surface area contributed by atoms with Gasteiger partial charge in [-0.3, -0.25) is 13.9 Å². The molecule has 3 heterocycles. The lowest BCUT2D eigenvalue weighted by atomic mass is 10.1. The molecule has 0 aromatic carbocycles. The van der Waals surface area contributed by atoms with Crippen LogP contribution in [0.3, 0.4) is 0 Å². The van der Waals surface area contributed by atoms with Crippen molar-refractivity contribution < 1.29 is 10.2 Å². The number of aromatic nitrogens is 4. The van der Waals surface area contributed by atoms with Gasteiger partial charge in [-0.2, -0.15) is 4.98 Å². The lowest BCUT2D eigenvalue weighted by Crippen LogP contribution is -2.39. The fourth-order valence-electron chi connectivity index (χ4n) is 3.57. The first-order valence-electron chi connectivity index (χ1n) is 9.36. The van der Waals surface area contributed by atoms with Gasteiger partial charge in [0.25, 0.3) is 5.56 Å². The van der Waals surface area contributed by atoms with Gasteiger partial charge >= 0.3 is 5.69 Å². The number of aliphatic hydroxyl groups excluding tert-OH is 2. The van der Waals surface area contributed by atoms with E-state index >= 15 is 0 Å².